The minimum absolute atomic E-state index is 0.0577. The molecule has 24 heavy (non-hydrogen) atoms. The van der Waals surface area contributed by atoms with Gasteiger partial charge in [-0.1, -0.05) is 18.1 Å². The quantitative estimate of drug-likeness (QED) is 0.182. The molecule has 1 heterocycles. The molecule has 6 atom stereocenters. The molecule has 1 saturated heterocycles. The number of carbonyl (C=O) groups excluding carboxylic acids is 1. The van der Waals surface area contributed by atoms with E-state index >= 15 is 0 Å². The number of aliphatic hydroxyl groups excluding tert-OH is 3. The summed E-state index contributed by atoms with van der Waals surface area (Å²) in [7, 11) is 1.14. The van der Waals surface area contributed by atoms with Crippen molar-refractivity contribution >= 4 is 5.97 Å². The number of methoxy groups -OCH3 is 1. The summed E-state index contributed by atoms with van der Waals surface area (Å²) in [6, 6.07) is -0.766. The first kappa shape index (κ1) is 20.4. The van der Waals surface area contributed by atoms with E-state index in [0.29, 0.717) is 0 Å². The van der Waals surface area contributed by atoms with Crippen molar-refractivity contribution in [2.75, 3.05) is 20.3 Å². The minimum atomic E-state index is -1.92. The molecule has 1 aliphatic heterocycles. The number of azide groups is 1. The van der Waals surface area contributed by atoms with Crippen LogP contribution in [-0.2, 0) is 19.0 Å². The second kappa shape index (κ2) is 8.97. The molecule has 0 aromatic carbocycles. The van der Waals surface area contributed by atoms with Crippen LogP contribution in [0.1, 0.15) is 13.3 Å². The van der Waals surface area contributed by atoms with Crippen LogP contribution in [0.2, 0.25) is 0 Å². The molecule has 0 amide bonds. The third-order valence-corrected chi connectivity index (χ3v) is 3.98. The van der Waals surface area contributed by atoms with Crippen molar-refractivity contribution in [1.29, 1.82) is 0 Å². The topological polar surface area (TPSA) is 154 Å². The van der Waals surface area contributed by atoms with Crippen molar-refractivity contribution in [1.82, 2.24) is 0 Å². The van der Waals surface area contributed by atoms with Crippen molar-refractivity contribution < 1.29 is 34.3 Å². The third kappa shape index (κ3) is 4.23. The number of rotatable bonds is 8. The average molecular weight is 345 g/mol. The maximum atomic E-state index is 12.2. The number of esters is 1. The summed E-state index contributed by atoms with van der Waals surface area (Å²) in [6.45, 7) is 4.35. The van der Waals surface area contributed by atoms with Gasteiger partial charge in [0, 0.05) is 17.4 Å². The van der Waals surface area contributed by atoms with Gasteiger partial charge in [-0.3, -0.25) is 0 Å². The van der Waals surface area contributed by atoms with Gasteiger partial charge in [0.05, 0.1) is 26.4 Å². The largest absolute Gasteiger partial charge is 0.465 e. The lowest BCUT2D eigenvalue weighted by atomic mass is 9.83. The van der Waals surface area contributed by atoms with E-state index in [4.69, 9.17) is 24.8 Å². The van der Waals surface area contributed by atoms with E-state index < -0.39 is 48.6 Å². The molecule has 10 nitrogen and oxygen atoms in total. The van der Waals surface area contributed by atoms with Crippen molar-refractivity contribution in [2.45, 2.75) is 43.5 Å². The van der Waals surface area contributed by atoms with Crippen LogP contribution in [0, 0.1) is 5.92 Å². The van der Waals surface area contributed by atoms with Crippen LogP contribution in [0.15, 0.2) is 17.8 Å². The van der Waals surface area contributed by atoms with E-state index in [2.05, 4.69) is 16.6 Å². The molecule has 1 rings (SSSR count). The molecule has 0 bridgehead atoms. The Morgan fingerprint density at radius 2 is 2.29 bits per heavy atom. The minimum Gasteiger partial charge on any atom is -0.465 e. The van der Waals surface area contributed by atoms with Crippen molar-refractivity contribution in [3.8, 4) is 0 Å². The summed E-state index contributed by atoms with van der Waals surface area (Å²) in [5.41, 5.74) is 8.75. The zero-order chi connectivity index (χ0) is 18.3. The summed E-state index contributed by atoms with van der Waals surface area (Å²) in [5, 5.41) is 32.6. The molecule has 0 aromatic rings. The molecule has 0 aliphatic carbocycles. The highest BCUT2D eigenvalue weighted by atomic mass is 16.7. The standard InChI is InChI=1S/C14H23N3O7/c1-4-5-23-14(13(21)22-3)6-9(16-17-15)8(2)12(24-14)11(20)10(19)7-18/h4,8-12,18-20H,1,5-7H2,2-3H3/t8-,9-,10-,11-,12?,14-/m1/s1. The zero-order valence-corrected chi connectivity index (χ0v) is 13.6. The lowest BCUT2D eigenvalue weighted by Gasteiger charge is -2.46. The number of aliphatic hydroxyl groups is 3. The fourth-order valence-electron chi connectivity index (χ4n) is 2.61. The first-order valence-electron chi connectivity index (χ1n) is 7.39. The average Bonchev–Trinajstić information content (AvgIpc) is 2.60. The van der Waals surface area contributed by atoms with Gasteiger partial charge in [-0.05, 0) is 11.4 Å². The Hall–Kier alpha value is -1.68. The number of nitrogens with zero attached hydrogens (tertiary/aromatic N) is 3. The lowest BCUT2D eigenvalue weighted by Crippen LogP contribution is -2.61. The number of hydrogen-bond acceptors (Lipinski definition) is 8. The fourth-order valence-corrected chi connectivity index (χ4v) is 2.61. The Labute approximate surface area is 139 Å². The van der Waals surface area contributed by atoms with E-state index in [1.165, 1.54) is 6.08 Å². The predicted octanol–water partition coefficient (Wildman–Crippen LogP) is -0.124. The number of ether oxygens (including phenoxy) is 3. The summed E-state index contributed by atoms with van der Waals surface area (Å²) >= 11 is 0. The predicted molar refractivity (Wildman–Crippen MR) is 81.6 cm³/mol. The lowest BCUT2D eigenvalue weighted by molar-refractivity contribution is -0.303. The molecule has 0 saturated carbocycles. The molecule has 1 unspecified atom stereocenters. The van der Waals surface area contributed by atoms with E-state index in [0.717, 1.165) is 7.11 Å². The van der Waals surface area contributed by atoms with Gasteiger partial charge in [-0.25, -0.2) is 4.79 Å². The monoisotopic (exact) mass is 345 g/mol. The molecule has 1 aliphatic rings. The maximum absolute atomic E-state index is 12.2. The van der Waals surface area contributed by atoms with Crippen LogP contribution in [0.5, 0.6) is 0 Å². The Bertz CT molecular complexity index is 497. The Morgan fingerprint density at radius 1 is 1.62 bits per heavy atom. The normalized spacial score (nSPS) is 32.3. The molecule has 3 N–H and O–H groups in total. The van der Waals surface area contributed by atoms with E-state index in [1.54, 1.807) is 6.92 Å². The van der Waals surface area contributed by atoms with Crippen LogP contribution < -0.4 is 0 Å². The van der Waals surface area contributed by atoms with Gasteiger partial charge in [0.15, 0.2) is 0 Å². The van der Waals surface area contributed by atoms with Gasteiger partial charge >= 0.3 is 5.97 Å². The number of carbonyl (C=O) groups is 1. The zero-order valence-electron chi connectivity index (χ0n) is 13.6. The third-order valence-electron chi connectivity index (χ3n) is 3.98. The van der Waals surface area contributed by atoms with Crippen LogP contribution >= 0.6 is 0 Å². The maximum Gasteiger partial charge on any atom is 0.366 e. The van der Waals surface area contributed by atoms with Gasteiger partial charge in [0.1, 0.15) is 12.2 Å². The van der Waals surface area contributed by atoms with Crippen LogP contribution in [0.25, 0.3) is 10.4 Å². The fraction of sp³-hybridized carbons (Fsp3) is 0.786. The summed E-state index contributed by atoms with van der Waals surface area (Å²) in [6.07, 6.45) is -2.91. The number of hydrogen-bond donors (Lipinski definition) is 3. The van der Waals surface area contributed by atoms with Gasteiger partial charge in [0.2, 0.25) is 0 Å². The SMILES string of the molecule is C=CCO[C@]1(C(=O)OC)C[C@@H](N=[N+]=[N-])[C@@H](C)C([C@H](O)[C@H](O)CO)O1. The van der Waals surface area contributed by atoms with Crippen LogP contribution in [0.3, 0.4) is 0 Å². The molecule has 0 spiro atoms. The van der Waals surface area contributed by atoms with Gasteiger partial charge in [-0.2, -0.15) is 0 Å². The second-order valence-electron chi connectivity index (χ2n) is 5.50. The van der Waals surface area contributed by atoms with Gasteiger partial charge < -0.3 is 29.5 Å². The Morgan fingerprint density at radius 3 is 2.79 bits per heavy atom. The second-order valence-corrected chi connectivity index (χ2v) is 5.50. The Kier molecular flexibility index (Phi) is 7.61. The van der Waals surface area contributed by atoms with Gasteiger partial charge in [0.25, 0.3) is 5.79 Å². The van der Waals surface area contributed by atoms with Crippen molar-refractivity contribution in [3.63, 3.8) is 0 Å². The highest BCUT2D eigenvalue weighted by Gasteiger charge is 2.54. The molecular weight excluding hydrogens is 322 g/mol. The smallest absolute Gasteiger partial charge is 0.366 e. The van der Waals surface area contributed by atoms with E-state index in [1.807, 2.05) is 0 Å². The molecule has 0 aromatic heterocycles. The first-order valence-corrected chi connectivity index (χ1v) is 7.39. The Balaban J connectivity index is 3.25. The van der Waals surface area contributed by atoms with Crippen molar-refractivity contribution in [2.24, 2.45) is 11.0 Å². The summed E-state index contributed by atoms with van der Waals surface area (Å²) < 4.78 is 15.8. The van der Waals surface area contributed by atoms with E-state index in [-0.39, 0.29) is 13.0 Å². The molecule has 136 valence electrons. The van der Waals surface area contributed by atoms with Crippen LogP contribution in [-0.4, -0.2) is 71.8 Å². The molecular formula is C14H23N3O7. The molecule has 0 radical (unpaired) electrons. The summed E-state index contributed by atoms with van der Waals surface area (Å²) in [4.78, 5) is 15.0. The van der Waals surface area contributed by atoms with Crippen LogP contribution in [0.4, 0.5) is 0 Å². The van der Waals surface area contributed by atoms with Crippen molar-refractivity contribution in [3.05, 3.63) is 23.1 Å². The highest BCUT2D eigenvalue weighted by molar-refractivity contribution is 5.78. The summed E-state index contributed by atoms with van der Waals surface area (Å²) in [5.74, 6) is -3.35. The van der Waals surface area contributed by atoms with E-state index in [9.17, 15) is 15.0 Å². The first-order chi connectivity index (χ1) is 11.4. The van der Waals surface area contributed by atoms with Gasteiger partial charge in [-0.15, -0.1) is 6.58 Å². The molecule has 1 fully saturated rings. The highest BCUT2D eigenvalue weighted by Crippen LogP contribution is 2.38. The molecule has 10 heteroatoms.